The molecule has 1 amide bonds. The first-order chi connectivity index (χ1) is 13.2. The van der Waals surface area contributed by atoms with E-state index in [0.717, 1.165) is 28.3 Å². The maximum atomic E-state index is 12.3. The molecule has 0 radical (unpaired) electrons. The van der Waals surface area contributed by atoms with Crippen molar-refractivity contribution in [3.63, 3.8) is 0 Å². The van der Waals surface area contributed by atoms with Crippen molar-refractivity contribution >= 4 is 34.4 Å². The third-order valence-corrected chi connectivity index (χ3v) is 5.89. The first kappa shape index (κ1) is 19.3. The van der Waals surface area contributed by atoms with Crippen LogP contribution >= 0.6 is 22.7 Å². The van der Waals surface area contributed by atoms with Crippen molar-refractivity contribution in [2.75, 3.05) is 6.61 Å². The van der Waals surface area contributed by atoms with Crippen LogP contribution in [0, 0.1) is 0 Å². The zero-order valence-corrected chi connectivity index (χ0v) is 16.7. The Morgan fingerprint density at radius 2 is 1.85 bits per heavy atom. The van der Waals surface area contributed by atoms with E-state index in [1.165, 1.54) is 22.7 Å². The van der Waals surface area contributed by atoms with Gasteiger partial charge in [-0.2, -0.15) is 0 Å². The second-order valence-electron chi connectivity index (χ2n) is 5.98. The number of rotatable bonds is 9. The highest BCUT2D eigenvalue weighted by molar-refractivity contribution is 7.16. The Bertz CT molecular complexity index is 883. The number of carbonyl (C=O) groups excluding carboxylic acids is 2. The summed E-state index contributed by atoms with van der Waals surface area (Å²) in [6.07, 6.45) is 2.10. The quantitative estimate of drug-likeness (QED) is 0.400. The fraction of sp³-hybridized carbons (Fsp3) is 0.238. The molecule has 1 aromatic carbocycles. The van der Waals surface area contributed by atoms with E-state index >= 15 is 0 Å². The molecule has 0 fully saturated rings. The van der Waals surface area contributed by atoms with Gasteiger partial charge in [0.15, 0.2) is 0 Å². The van der Waals surface area contributed by atoms with E-state index in [4.69, 9.17) is 4.74 Å². The molecule has 2 heterocycles. The molecule has 0 spiro atoms. The summed E-state index contributed by atoms with van der Waals surface area (Å²) in [4.78, 5) is 27.0. The predicted octanol–water partition coefficient (Wildman–Crippen LogP) is 5.15. The Hall–Kier alpha value is -2.44. The van der Waals surface area contributed by atoms with Crippen molar-refractivity contribution in [2.24, 2.45) is 0 Å². The van der Waals surface area contributed by atoms with Gasteiger partial charge in [0.1, 0.15) is 5.75 Å². The normalized spacial score (nSPS) is 10.6. The van der Waals surface area contributed by atoms with Gasteiger partial charge in [-0.25, -0.2) is 0 Å². The van der Waals surface area contributed by atoms with Gasteiger partial charge in [0.25, 0.3) is 5.91 Å². The van der Waals surface area contributed by atoms with E-state index in [9.17, 15) is 9.59 Å². The van der Waals surface area contributed by atoms with Crippen molar-refractivity contribution in [3.8, 4) is 5.75 Å². The van der Waals surface area contributed by atoms with Crippen LogP contribution in [0.3, 0.4) is 0 Å². The SMILES string of the molecule is CCCCOc1ccc(C(=O)NCc2ccc(C(=O)c3cccs3)s2)cc1. The minimum atomic E-state index is -0.144. The molecule has 0 atom stereocenters. The topological polar surface area (TPSA) is 55.4 Å². The minimum Gasteiger partial charge on any atom is -0.494 e. The number of hydrogen-bond donors (Lipinski definition) is 1. The van der Waals surface area contributed by atoms with E-state index in [1.807, 2.05) is 41.8 Å². The molecule has 3 rings (SSSR count). The number of thiophene rings is 2. The van der Waals surface area contributed by atoms with Crippen LogP contribution < -0.4 is 10.1 Å². The van der Waals surface area contributed by atoms with Crippen molar-refractivity contribution in [1.29, 1.82) is 0 Å². The molecule has 0 aliphatic heterocycles. The molecular weight excluding hydrogens is 378 g/mol. The summed E-state index contributed by atoms with van der Waals surface area (Å²) in [6.45, 7) is 3.20. The number of ketones is 1. The number of ether oxygens (including phenoxy) is 1. The summed E-state index contributed by atoms with van der Waals surface area (Å²) >= 11 is 2.85. The average molecular weight is 400 g/mol. The Morgan fingerprint density at radius 3 is 2.56 bits per heavy atom. The molecule has 2 aromatic heterocycles. The first-order valence-electron chi connectivity index (χ1n) is 8.85. The van der Waals surface area contributed by atoms with Crippen LogP contribution in [0.25, 0.3) is 0 Å². The molecule has 6 heteroatoms. The van der Waals surface area contributed by atoms with Gasteiger partial charge < -0.3 is 10.1 Å². The van der Waals surface area contributed by atoms with Crippen LogP contribution in [0.4, 0.5) is 0 Å². The Labute approximate surface area is 166 Å². The van der Waals surface area contributed by atoms with Crippen molar-refractivity contribution in [1.82, 2.24) is 5.32 Å². The summed E-state index contributed by atoms with van der Waals surface area (Å²) < 4.78 is 5.61. The number of unbranched alkanes of at least 4 members (excludes halogenated alkanes) is 1. The monoisotopic (exact) mass is 399 g/mol. The lowest BCUT2D eigenvalue weighted by Gasteiger charge is -2.07. The molecule has 0 unspecified atom stereocenters. The van der Waals surface area contributed by atoms with Crippen LogP contribution in [0.5, 0.6) is 5.75 Å². The molecule has 0 saturated carbocycles. The highest BCUT2D eigenvalue weighted by atomic mass is 32.1. The average Bonchev–Trinajstić information content (AvgIpc) is 3.38. The lowest BCUT2D eigenvalue weighted by molar-refractivity contribution is 0.0950. The van der Waals surface area contributed by atoms with Crippen molar-refractivity contribution in [2.45, 2.75) is 26.3 Å². The molecule has 1 N–H and O–H groups in total. The Kier molecular flexibility index (Phi) is 6.79. The number of carbonyl (C=O) groups is 2. The van der Waals surface area contributed by atoms with Gasteiger partial charge in [-0.05, 0) is 54.3 Å². The lowest BCUT2D eigenvalue weighted by atomic mass is 10.2. The first-order valence-corrected chi connectivity index (χ1v) is 10.5. The number of amides is 1. The molecule has 0 aliphatic rings. The minimum absolute atomic E-state index is 0.0336. The number of hydrogen-bond acceptors (Lipinski definition) is 5. The predicted molar refractivity (Wildman–Crippen MR) is 110 cm³/mol. The van der Waals surface area contributed by atoms with Crippen LogP contribution in [-0.2, 0) is 6.54 Å². The molecule has 0 aliphatic carbocycles. The van der Waals surface area contributed by atoms with Crippen LogP contribution in [0.15, 0.2) is 53.9 Å². The molecule has 0 saturated heterocycles. The molecule has 27 heavy (non-hydrogen) atoms. The van der Waals surface area contributed by atoms with Crippen LogP contribution in [-0.4, -0.2) is 18.3 Å². The molecule has 140 valence electrons. The van der Waals surface area contributed by atoms with Gasteiger partial charge in [-0.1, -0.05) is 19.4 Å². The molecular formula is C21H21NO3S2. The van der Waals surface area contributed by atoms with Gasteiger partial charge in [0.2, 0.25) is 5.78 Å². The summed E-state index contributed by atoms with van der Waals surface area (Å²) in [5.41, 5.74) is 0.587. The van der Waals surface area contributed by atoms with E-state index in [2.05, 4.69) is 12.2 Å². The summed E-state index contributed by atoms with van der Waals surface area (Å²) in [6, 6.07) is 14.5. The van der Waals surface area contributed by atoms with Crippen molar-refractivity contribution < 1.29 is 14.3 Å². The number of benzene rings is 1. The third-order valence-electron chi connectivity index (χ3n) is 3.94. The Balaban J connectivity index is 1.52. The molecule has 0 bridgehead atoms. The smallest absolute Gasteiger partial charge is 0.251 e. The van der Waals surface area contributed by atoms with Gasteiger partial charge in [0.05, 0.1) is 22.9 Å². The maximum Gasteiger partial charge on any atom is 0.251 e. The zero-order valence-electron chi connectivity index (χ0n) is 15.1. The third kappa shape index (κ3) is 5.28. The van der Waals surface area contributed by atoms with E-state index in [-0.39, 0.29) is 11.7 Å². The second-order valence-corrected chi connectivity index (χ2v) is 8.10. The van der Waals surface area contributed by atoms with E-state index < -0.39 is 0 Å². The highest BCUT2D eigenvalue weighted by Crippen LogP contribution is 2.22. The van der Waals surface area contributed by atoms with E-state index in [0.29, 0.717) is 23.6 Å². The molecule has 4 nitrogen and oxygen atoms in total. The Morgan fingerprint density at radius 1 is 1.04 bits per heavy atom. The van der Waals surface area contributed by atoms with Crippen LogP contribution in [0.1, 0.15) is 49.5 Å². The maximum absolute atomic E-state index is 12.3. The van der Waals surface area contributed by atoms with E-state index in [1.54, 1.807) is 12.1 Å². The fourth-order valence-corrected chi connectivity index (χ4v) is 4.07. The zero-order chi connectivity index (χ0) is 19.1. The lowest BCUT2D eigenvalue weighted by Crippen LogP contribution is -2.22. The largest absolute Gasteiger partial charge is 0.494 e. The van der Waals surface area contributed by atoms with Crippen LogP contribution in [0.2, 0.25) is 0 Å². The number of nitrogens with one attached hydrogen (secondary N) is 1. The van der Waals surface area contributed by atoms with Gasteiger partial charge in [-0.3, -0.25) is 9.59 Å². The summed E-state index contributed by atoms with van der Waals surface area (Å²) in [5, 5.41) is 4.79. The van der Waals surface area contributed by atoms with Gasteiger partial charge in [0, 0.05) is 10.4 Å². The standard InChI is InChI=1S/C21H21NO3S2/c1-2-3-12-25-16-8-6-15(7-9-16)21(24)22-14-17-10-11-19(27-17)20(23)18-5-4-13-26-18/h4-11,13H,2-3,12,14H2,1H3,(H,22,24). The fourth-order valence-electron chi connectivity index (χ4n) is 2.43. The van der Waals surface area contributed by atoms with Crippen molar-refractivity contribution in [3.05, 3.63) is 74.1 Å². The summed E-state index contributed by atoms with van der Waals surface area (Å²) in [5.74, 6) is 0.663. The second kappa shape index (κ2) is 9.48. The highest BCUT2D eigenvalue weighted by Gasteiger charge is 2.13. The van der Waals surface area contributed by atoms with Gasteiger partial charge >= 0.3 is 0 Å². The molecule has 3 aromatic rings. The van der Waals surface area contributed by atoms with Gasteiger partial charge in [-0.15, -0.1) is 22.7 Å². The summed E-state index contributed by atoms with van der Waals surface area (Å²) in [7, 11) is 0.